The smallest absolute Gasteiger partial charge is 0.303 e. The van der Waals surface area contributed by atoms with E-state index >= 15 is 0 Å². The highest BCUT2D eigenvalue weighted by Crippen LogP contribution is 2.34. The summed E-state index contributed by atoms with van der Waals surface area (Å²) >= 11 is 5.84. The fourth-order valence-corrected chi connectivity index (χ4v) is 3.76. The van der Waals surface area contributed by atoms with Crippen LogP contribution in [0.3, 0.4) is 0 Å². The number of nitrogens with zero attached hydrogens (tertiary/aromatic N) is 1. The Bertz CT molecular complexity index is 230. The molecular weight excluding hydrogens is 250 g/mol. The fourth-order valence-electron chi connectivity index (χ4n) is 0.982. The molecule has 0 aliphatic rings. The summed E-state index contributed by atoms with van der Waals surface area (Å²) < 4.78 is 0.275. The van der Waals surface area contributed by atoms with Crippen LogP contribution >= 0.6 is 34.2 Å². The number of carboxylic acid groups (broad SMARTS) is 1. The highest BCUT2D eigenvalue weighted by Gasteiger charge is 2.13. The van der Waals surface area contributed by atoms with Crippen LogP contribution in [0.15, 0.2) is 0 Å². The first-order valence-corrected chi connectivity index (χ1v) is 7.52. The van der Waals surface area contributed by atoms with E-state index in [0.29, 0.717) is 18.1 Å². The third-order valence-electron chi connectivity index (χ3n) is 1.76. The second-order valence-electron chi connectivity index (χ2n) is 3.11. The molecule has 0 aliphatic heterocycles. The number of carboxylic acids is 1. The average Bonchev–Trinajstić information content (AvgIpc) is 2.21. The number of thiol groups is 1. The molecule has 0 aromatic rings. The summed E-state index contributed by atoms with van der Waals surface area (Å²) in [5.74, 6) is -0.755. The van der Waals surface area contributed by atoms with Crippen molar-refractivity contribution in [2.24, 2.45) is 0 Å². The largest absolute Gasteiger partial charge is 0.481 e. The Balaban J connectivity index is 3.75. The maximum absolute atomic E-state index is 10.4. The van der Waals surface area contributed by atoms with Crippen molar-refractivity contribution in [3.63, 3.8) is 0 Å². The van der Waals surface area contributed by atoms with Crippen LogP contribution in [0, 0.1) is 11.3 Å². The van der Waals surface area contributed by atoms with E-state index in [-0.39, 0.29) is 11.0 Å². The van der Waals surface area contributed by atoms with Gasteiger partial charge in [-0.25, -0.2) is 0 Å². The minimum absolute atomic E-state index is 0.205. The van der Waals surface area contributed by atoms with Crippen LogP contribution in [0.25, 0.3) is 0 Å². The minimum Gasteiger partial charge on any atom is -0.481 e. The predicted octanol–water partition coefficient (Wildman–Crippen LogP) is 3.18. The minimum atomic E-state index is -0.755. The van der Waals surface area contributed by atoms with E-state index in [1.54, 1.807) is 11.8 Å². The Labute approximate surface area is 104 Å². The third-order valence-corrected chi connectivity index (χ3v) is 5.28. The van der Waals surface area contributed by atoms with Crippen LogP contribution < -0.4 is 0 Å². The molecule has 0 aliphatic carbocycles. The molecule has 0 bridgehead atoms. The molecule has 0 saturated carbocycles. The zero-order valence-electron chi connectivity index (χ0n) is 8.55. The summed E-state index contributed by atoms with van der Waals surface area (Å²) in [7, 11) is 1.43. The topological polar surface area (TPSA) is 61.1 Å². The van der Waals surface area contributed by atoms with Gasteiger partial charge in [-0.05, 0) is 12.8 Å². The molecule has 0 heterocycles. The molecule has 86 valence electrons. The Morgan fingerprint density at radius 1 is 1.60 bits per heavy atom. The summed E-state index contributed by atoms with van der Waals surface area (Å²) in [4.78, 5) is 10.4. The van der Waals surface area contributed by atoms with Gasteiger partial charge in [-0.15, -0.1) is 23.4 Å². The van der Waals surface area contributed by atoms with Gasteiger partial charge >= 0.3 is 5.97 Å². The summed E-state index contributed by atoms with van der Waals surface area (Å²) in [6.45, 7) is 2.01. The van der Waals surface area contributed by atoms with Gasteiger partial charge in [0.25, 0.3) is 0 Å². The number of thioether (sulfide) groups is 1. The molecule has 0 aromatic heterocycles. The van der Waals surface area contributed by atoms with Crippen molar-refractivity contribution in [3.05, 3.63) is 0 Å². The maximum Gasteiger partial charge on any atom is 0.303 e. The lowest BCUT2D eigenvalue weighted by Gasteiger charge is -2.16. The molecule has 0 spiro atoms. The van der Waals surface area contributed by atoms with Gasteiger partial charge in [0, 0.05) is 18.1 Å². The SMILES string of the molecule is CC(CCC(=O)O)SC(CCC#N)SS. The number of carbonyl (C=O) groups is 1. The Hall–Kier alpha value is 0.0100. The number of aliphatic carboxylic acids is 1. The van der Waals surface area contributed by atoms with Crippen molar-refractivity contribution in [2.45, 2.75) is 42.4 Å². The molecule has 0 radical (unpaired) electrons. The molecule has 0 aromatic carbocycles. The fraction of sp³-hybridized carbons (Fsp3) is 0.778. The summed E-state index contributed by atoms with van der Waals surface area (Å²) in [5, 5.41) is 17.3. The van der Waals surface area contributed by atoms with E-state index in [4.69, 9.17) is 10.4 Å². The Morgan fingerprint density at radius 2 is 2.27 bits per heavy atom. The Kier molecular flexibility index (Phi) is 9.26. The number of rotatable bonds is 8. The molecule has 0 amide bonds. The maximum atomic E-state index is 10.4. The second kappa shape index (κ2) is 9.25. The first-order chi connectivity index (χ1) is 7.10. The van der Waals surface area contributed by atoms with E-state index in [9.17, 15) is 4.79 Å². The second-order valence-corrected chi connectivity index (χ2v) is 6.47. The lowest BCUT2D eigenvalue weighted by atomic mass is 10.2. The lowest BCUT2D eigenvalue weighted by molar-refractivity contribution is -0.137. The predicted molar refractivity (Wildman–Crippen MR) is 69.1 cm³/mol. The highest BCUT2D eigenvalue weighted by molar-refractivity contribution is 8.70. The number of hydrogen-bond acceptors (Lipinski definition) is 5. The van der Waals surface area contributed by atoms with Crippen molar-refractivity contribution in [3.8, 4) is 6.07 Å². The van der Waals surface area contributed by atoms with Crippen LogP contribution in [0.4, 0.5) is 0 Å². The summed E-state index contributed by atoms with van der Waals surface area (Å²) in [6.07, 6.45) is 2.19. The first-order valence-electron chi connectivity index (χ1n) is 4.64. The van der Waals surface area contributed by atoms with Crippen molar-refractivity contribution in [1.82, 2.24) is 0 Å². The molecule has 0 rings (SSSR count). The normalized spacial score (nSPS) is 14.2. The lowest BCUT2D eigenvalue weighted by Crippen LogP contribution is -2.06. The molecule has 3 nitrogen and oxygen atoms in total. The number of nitriles is 1. The molecular formula is C9H15NO2S3. The molecule has 1 N–H and O–H groups in total. The standard InChI is InChI=1S/C9H15NO2S3/c1-7(4-5-8(11)12)14-9(15-13)3-2-6-10/h7,9,13H,2-5H2,1H3,(H,11,12). The molecule has 15 heavy (non-hydrogen) atoms. The van der Waals surface area contributed by atoms with Crippen LogP contribution in [-0.4, -0.2) is 20.9 Å². The van der Waals surface area contributed by atoms with Crippen LogP contribution in [0.2, 0.25) is 0 Å². The summed E-state index contributed by atoms with van der Waals surface area (Å²) in [6, 6.07) is 2.10. The van der Waals surface area contributed by atoms with Crippen molar-refractivity contribution in [2.75, 3.05) is 0 Å². The zero-order chi connectivity index (χ0) is 11.7. The quantitative estimate of drug-likeness (QED) is 0.401. The van der Waals surface area contributed by atoms with E-state index in [2.05, 4.69) is 17.7 Å². The molecule has 2 atom stereocenters. The zero-order valence-corrected chi connectivity index (χ0v) is 11.1. The molecule has 0 saturated heterocycles. The van der Waals surface area contributed by atoms with Gasteiger partial charge in [0.1, 0.15) is 0 Å². The third kappa shape index (κ3) is 8.97. The van der Waals surface area contributed by atoms with E-state index < -0.39 is 5.97 Å². The molecule has 6 heteroatoms. The highest BCUT2D eigenvalue weighted by atomic mass is 33.1. The van der Waals surface area contributed by atoms with Crippen LogP contribution in [0.5, 0.6) is 0 Å². The van der Waals surface area contributed by atoms with E-state index in [1.807, 2.05) is 6.92 Å². The van der Waals surface area contributed by atoms with E-state index in [0.717, 1.165) is 6.42 Å². The van der Waals surface area contributed by atoms with Gasteiger partial charge in [-0.3, -0.25) is 4.79 Å². The van der Waals surface area contributed by atoms with Crippen molar-refractivity contribution >= 4 is 40.2 Å². The first kappa shape index (κ1) is 15.0. The van der Waals surface area contributed by atoms with E-state index in [1.165, 1.54) is 10.8 Å². The van der Waals surface area contributed by atoms with Crippen molar-refractivity contribution < 1.29 is 9.90 Å². The van der Waals surface area contributed by atoms with Gasteiger partial charge in [-0.2, -0.15) is 5.26 Å². The Morgan fingerprint density at radius 3 is 2.73 bits per heavy atom. The van der Waals surface area contributed by atoms with Gasteiger partial charge in [0.2, 0.25) is 0 Å². The monoisotopic (exact) mass is 265 g/mol. The van der Waals surface area contributed by atoms with Gasteiger partial charge in [0.15, 0.2) is 0 Å². The van der Waals surface area contributed by atoms with Crippen LogP contribution in [-0.2, 0) is 4.79 Å². The van der Waals surface area contributed by atoms with Crippen molar-refractivity contribution in [1.29, 1.82) is 5.26 Å². The van der Waals surface area contributed by atoms with Gasteiger partial charge < -0.3 is 5.11 Å². The molecule has 0 fully saturated rings. The van der Waals surface area contributed by atoms with Crippen LogP contribution in [0.1, 0.15) is 32.6 Å². The van der Waals surface area contributed by atoms with Gasteiger partial charge in [-0.1, -0.05) is 17.7 Å². The number of hydrogen-bond donors (Lipinski definition) is 2. The molecule has 2 unspecified atom stereocenters. The summed E-state index contributed by atoms with van der Waals surface area (Å²) in [5.41, 5.74) is 0. The average molecular weight is 265 g/mol. The van der Waals surface area contributed by atoms with Gasteiger partial charge in [0.05, 0.1) is 10.7 Å².